The summed E-state index contributed by atoms with van der Waals surface area (Å²) < 4.78 is 11.3. The van der Waals surface area contributed by atoms with Gasteiger partial charge in [-0.25, -0.2) is 0 Å². The van der Waals surface area contributed by atoms with Gasteiger partial charge in [0.05, 0.1) is 25.4 Å². The van der Waals surface area contributed by atoms with E-state index in [9.17, 15) is 0 Å². The van der Waals surface area contributed by atoms with Crippen molar-refractivity contribution in [3.63, 3.8) is 0 Å². The maximum absolute atomic E-state index is 5.88. The van der Waals surface area contributed by atoms with Crippen LogP contribution in [0.15, 0.2) is 24.3 Å². The zero-order valence-electron chi connectivity index (χ0n) is 11.5. The predicted molar refractivity (Wildman–Crippen MR) is 76.0 cm³/mol. The Morgan fingerprint density at radius 3 is 2.79 bits per heavy atom. The lowest BCUT2D eigenvalue weighted by Crippen LogP contribution is -2.45. The highest BCUT2D eigenvalue weighted by atomic mass is 16.5. The number of ether oxygens (including phenoxy) is 2. The second kappa shape index (κ2) is 5.80. The first-order valence-corrected chi connectivity index (χ1v) is 7.13. The predicted octanol–water partition coefficient (Wildman–Crippen LogP) is 1.61. The maximum Gasteiger partial charge on any atom is 0.143 e. The van der Waals surface area contributed by atoms with E-state index in [4.69, 9.17) is 9.47 Å². The van der Waals surface area contributed by atoms with E-state index in [1.807, 2.05) is 6.07 Å². The Labute approximate surface area is 114 Å². The van der Waals surface area contributed by atoms with Crippen molar-refractivity contribution in [2.24, 2.45) is 0 Å². The topological polar surface area (TPSA) is 24.9 Å². The van der Waals surface area contributed by atoms with Gasteiger partial charge in [0.1, 0.15) is 11.9 Å². The lowest BCUT2D eigenvalue weighted by Gasteiger charge is -2.36. The molecule has 1 unspecified atom stereocenters. The van der Waals surface area contributed by atoms with Gasteiger partial charge in [0, 0.05) is 26.2 Å². The Morgan fingerprint density at radius 2 is 1.95 bits per heavy atom. The quantitative estimate of drug-likeness (QED) is 0.826. The van der Waals surface area contributed by atoms with Crippen molar-refractivity contribution in [2.75, 3.05) is 50.8 Å². The zero-order valence-corrected chi connectivity index (χ0v) is 11.5. The van der Waals surface area contributed by atoms with Gasteiger partial charge in [-0.15, -0.1) is 0 Å². The van der Waals surface area contributed by atoms with Crippen LogP contribution >= 0.6 is 0 Å². The summed E-state index contributed by atoms with van der Waals surface area (Å²) in [7, 11) is 0. The summed E-state index contributed by atoms with van der Waals surface area (Å²) in [5.74, 6) is 1.02. The molecule has 0 spiro atoms. The molecule has 0 aromatic heterocycles. The van der Waals surface area contributed by atoms with E-state index in [-0.39, 0.29) is 6.10 Å². The SMILES string of the molecule is CC1CN(CCN2CCOCC2)c2ccccc2O1. The molecule has 1 saturated heterocycles. The number of morpholine rings is 1. The van der Waals surface area contributed by atoms with Crippen molar-refractivity contribution >= 4 is 5.69 Å². The smallest absolute Gasteiger partial charge is 0.143 e. The molecule has 0 amide bonds. The summed E-state index contributed by atoms with van der Waals surface area (Å²) in [4.78, 5) is 4.92. The molecule has 104 valence electrons. The first-order valence-electron chi connectivity index (χ1n) is 7.13. The van der Waals surface area contributed by atoms with Gasteiger partial charge in [-0.2, -0.15) is 0 Å². The van der Waals surface area contributed by atoms with Crippen LogP contribution < -0.4 is 9.64 Å². The lowest BCUT2D eigenvalue weighted by molar-refractivity contribution is 0.0388. The molecule has 1 atom stereocenters. The van der Waals surface area contributed by atoms with Crippen molar-refractivity contribution in [1.82, 2.24) is 4.90 Å². The van der Waals surface area contributed by atoms with Gasteiger partial charge in [0.2, 0.25) is 0 Å². The van der Waals surface area contributed by atoms with Crippen molar-refractivity contribution in [2.45, 2.75) is 13.0 Å². The molecule has 1 aromatic carbocycles. The molecule has 0 N–H and O–H groups in total. The monoisotopic (exact) mass is 262 g/mol. The highest BCUT2D eigenvalue weighted by Gasteiger charge is 2.22. The number of rotatable bonds is 3. The maximum atomic E-state index is 5.88. The van der Waals surface area contributed by atoms with Gasteiger partial charge < -0.3 is 14.4 Å². The van der Waals surface area contributed by atoms with E-state index < -0.39 is 0 Å². The molecule has 0 aliphatic carbocycles. The molecule has 19 heavy (non-hydrogen) atoms. The summed E-state index contributed by atoms with van der Waals surface area (Å²) in [5.41, 5.74) is 1.23. The van der Waals surface area contributed by atoms with E-state index in [0.717, 1.165) is 51.7 Å². The molecule has 4 nitrogen and oxygen atoms in total. The normalized spacial score (nSPS) is 23.8. The van der Waals surface area contributed by atoms with Crippen molar-refractivity contribution in [1.29, 1.82) is 0 Å². The summed E-state index contributed by atoms with van der Waals surface area (Å²) in [6, 6.07) is 8.34. The van der Waals surface area contributed by atoms with Gasteiger partial charge in [-0.1, -0.05) is 12.1 Å². The second-order valence-electron chi connectivity index (χ2n) is 5.30. The Hall–Kier alpha value is -1.26. The van der Waals surface area contributed by atoms with Gasteiger partial charge in [-0.05, 0) is 19.1 Å². The Balaban J connectivity index is 1.64. The molecular formula is C15H22N2O2. The minimum absolute atomic E-state index is 0.264. The third-order valence-electron chi connectivity index (χ3n) is 3.80. The van der Waals surface area contributed by atoms with Crippen LogP contribution in [0.3, 0.4) is 0 Å². The third-order valence-corrected chi connectivity index (χ3v) is 3.80. The number of benzene rings is 1. The molecule has 1 fully saturated rings. The van der Waals surface area contributed by atoms with Crippen molar-refractivity contribution < 1.29 is 9.47 Å². The minimum atomic E-state index is 0.264. The van der Waals surface area contributed by atoms with E-state index in [0.29, 0.717) is 0 Å². The van der Waals surface area contributed by atoms with Gasteiger partial charge >= 0.3 is 0 Å². The number of hydrogen-bond donors (Lipinski definition) is 0. The van der Waals surface area contributed by atoms with E-state index in [1.54, 1.807) is 0 Å². The van der Waals surface area contributed by atoms with Crippen LogP contribution in [-0.2, 0) is 4.74 Å². The molecule has 3 rings (SSSR count). The fraction of sp³-hybridized carbons (Fsp3) is 0.600. The van der Waals surface area contributed by atoms with Crippen LogP contribution in [0.5, 0.6) is 5.75 Å². The molecule has 0 bridgehead atoms. The second-order valence-corrected chi connectivity index (χ2v) is 5.30. The number of fused-ring (bicyclic) bond motifs is 1. The largest absolute Gasteiger partial charge is 0.487 e. The first kappa shape index (κ1) is 12.8. The Morgan fingerprint density at radius 1 is 1.16 bits per heavy atom. The van der Waals surface area contributed by atoms with Gasteiger partial charge in [0.25, 0.3) is 0 Å². The van der Waals surface area contributed by atoms with E-state index >= 15 is 0 Å². The zero-order chi connectivity index (χ0) is 13.1. The minimum Gasteiger partial charge on any atom is -0.487 e. The van der Waals surface area contributed by atoms with Crippen LogP contribution in [0.4, 0.5) is 5.69 Å². The molecule has 2 aliphatic rings. The highest BCUT2D eigenvalue weighted by molar-refractivity contribution is 5.60. The number of hydrogen-bond acceptors (Lipinski definition) is 4. The van der Waals surface area contributed by atoms with Crippen LogP contribution in [0.1, 0.15) is 6.92 Å². The highest BCUT2D eigenvalue weighted by Crippen LogP contribution is 2.32. The molecule has 2 heterocycles. The summed E-state index contributed by atoms with van der Waals surface area (Å²) >= 11 is 0. The molecule has 0 saturated carbocycles. The van der Waals surface area contributed by atoms with Crippen molar-refractivity contribution in [3.05, 3.63) is 24.3 Å². The third kappa shape index (κ3) is 3.01. The fourth-order valence-electron chi connectivity index (χ4n) is 2.78. The number of anilines is 1. The average molecular weight is 262 g/mol. The van der Waals surface area contributed by atoms with E-state index in [2.05, 4.69) is 34.9 Å². The molecule has 0 radical (unpaired) electrons. The van der Waals surface area contributed by atoms with Crippen LogP contribution in [0.2, 0.25) is 0 Å². The van der Waals surface area contributed by atoms with Crippen molar-refractivity contribution in [3.8, 4) is 5.75 Å². The summed E-state index contributed by atoms with van der Waals surface area (Å²) in [6.45, 7) is 9.13. The molecule has 1 aromatic rings. The Bertz CT molecular complexity index is 418. The van der Waals surface area contributed by atoms with Crippen LogP contribution in [-0.4, -0.2) is 56.9 Å². The number of nitrogens with zero attached hydrogens (tertiary/aromatic N) is 2. The summed E-state index contributed by atoms with van der Waals surface area (Å²) in [6.07, 6.45) is 0.264. The molecule has 4 heteroatoms. The fourth-order valence-corrected chi connectivity index (χ4v) is 2.78. The van der Waals surface area contributed by atoms with Gasteiger partial charge in [0.15, 0.2) is 0 Å². The number of para-hydroxylation sites is 2. The summed E-state index contributed by atoms with van der Waals surface area (Å²) in [5, 5.41) is 0. The molecule has 2 aliphatic heterocycles. The first-order chi connectivity index (χ1) is 9.33. The molecular weight excluding hydrogens is 240 g/mol. The van der Waals surface area contributed by atoms with Gasteiger partial charge in [-0.3, -0.25) is 4.90 Å². The van der Waals surface area contributed by atoms with E-state index in [1.165, 1.54) is 5.69 Å². The standard InChI is InChI=1S/C15H22N2O2/c1-13-12-17(7-6-16-8-10-18-11-9-16)14-4-2-3-5-15(14)19-13/h2-5,13H,6-12H2,1H3. The van der Waals surface area contributed by atoms with Crippen LogP contribution in [0, 0.1) is 0 Å². The Kier molecular flexibility index (Phi) is 3.89. The average Bonchev–Trinajstić information content (AvgIpc) is 2.45. The lowest BCUT2D eigenvalue weighted by atomic mass is 10.2. The van der Waals surface area contributed by atoms with Crippen LogP contribution in [0.25, 0.3) is 0 Å².